The fourth-order valence-electron chi connectivity index (χ4n) is 2.93. The second-order valence-electron chi connectivity index (χ2n) is 6.81. The maximum Gasteiger partial charge on any atom is 0.262 e. The Morgan fingerprint density at radius 1 is 1.17 bits per heavy atom. The van der Waals surface area contributed by atoms with Gasteiger partial charge in [0.2, 0.25) is 5.91 Å². The van der Waals surface area contributed by atoms with Crippen molar-refractivity contribution in [2.24, 2.45) is 0 Å². The number of benzene rings is 2. The van der Waals surface area contributed by atoms with Crippen LogP contribution in [0.1, 0.15) is 25.8 Å². The van der Waals surface area contributed by atoms with Crippen LogP contribution in [0.4, 0.5) is 5.69 Å². The van der Waals surface area contributed by atoms with Crippen molar-refractivity contribution in [3.8, 4) is 0 Å². The highest BCUT2D eigenvalue weighted by molar-refractivity contribution is 8.00. The van der Waals surface area contributed by atoms with Crippen LogP contribution in [0.3, 0.4) is 0 Å². The fourth-order valence-corrected chi connectivity index (χ4v) is 4.50. The molecule has 1 N–H and O–H groups in total. The maximum absolute atomic E-state index is 13.0. The normalized spacial score (nSPS) is 14.8. The van der Waals surface area contributed by atoms with Gasteiger partial charge in [-0.2, -0.15) is 0 Å². The first-order chi connectivity index (χ1) is 13.8. The molecule has 5 nitrogen and oxygen atoms in total. The molecule has 1 amide bonds. The molecule has 3 aromatic rings. The van der Waals surface area contributed by atoms with Gasteiger partial charge in [-0.3, -0.25) is 14.2 Å². The fraction of sp³-hybridized carbons (Fsp3) is 0.250. The van der Waals surface area contributed by atoms with Gasteiger partial charge in [-0.1, -0.05) is 58.7 Å². The molecule has 1 saturated carbocycles. The number of amides is 1. The highest BCUT2D eigenvalue weighted by atomic mass is 35.5. The first kappa shape index (κ1) is 20.5. The molecular weight excluding hydrogens is 453 g/mol. The number of nitrogens with zero attached hydrogens (tertiary/aromatic N) is 2. The minimum absolute atomic E-state index is 0.0688. The first-order valence-electron chi connectivity index (χ1n) is 8.98. The molecule has 1 unspecified atom stereocenters. The van der Waals surface area contributed by atoms with Crippen molar-refractivity contribution in [2.45, 2.75) is 36.2 Å². The minimum atomic E-state index is -0.515. The highest BCUT2D eigenvalue weighted by Gasteiger charge is 2.30. The molecule has 0 aliphatic heterocycles. The molecule has 1 aliphatic rings. The predicted molar refractivity (Wildman–Crippen MR) is 120 cm³/mol. The minimum Gasteiger partial charge on any atom is -0.324 e. The lowest BCUT2D eigenvalue weighted by Gasteiger charge is -2.16. The van der Waals surface area contributed by atoms with E-state index < -0.39 is 5.25 Å². The van der Waals surface area contributed by atoms with Crippen LogP contribution in [0.5, 0.6) is 0 Å². The summed E-state index contributed by atoms with van der Waals surface area (Å²) in [6, 6.07) is 10.4. The van der Waals surface area contributed by atoms with Gasteiger partial charge < -0.3 is 5.32 Å². The summed E-state index contributed by atoms with van der Waals surface area (Å²) in [6.45, 7) is 1.75. The Balaban J connectivity index is 1.61. The number of thioether (sulfide) groups is 1. The molecule has 0 spiro atoms. The zero-order valence-electron chi connectivity index (χ0n) is 15.3. The number of para-hydroxylation sites is 1. The standard InChI is InChI=1S/C20H16Cl3N3O2S/c1-10(18(27)24-17-9-14(22)13(21)8-15(17)23)29-20-25-16-5-3-2-4-12(16)19(28)26(20)11-6-7-11/h2-5,8-11H,6-7H2,1H3,(H,24,27). The molecule has 1 atom stereocenters. The number of rotatable bonds is 5. The first-order valence-corrected chi connectivity index (χ1v) is 11.0. The van der Waals surface area contributed by atoms with Gasteiger partial charge in [0.05, 0.1) is 36.9 Å². The third-order valence-electron chi connectivity index (χ3n) is 4.61. The molecule has 4 rings (SSSR count). The molecule has 2 aromatic carbocycles. The molecule has 1 fully saturated rings. The molecule has 150 valence electrons. The Morgan fingerprint density at radius 2 is 1.86 bits per heavy atom. The van der Waals surface area contributed by atoms with Gasteiger partial charge >= 0.3 is 0 Å². The van der Waals surface area contributed by atoms with E-state index in [1.54, 1.807) is 23.6 Å². The lowest BCUT2D eigenvalue weighted by atomic mass is 10.2. The molecular formula is C20H16Cl3N3O2S. The van der Waals surface area contributed by atoms with E-state index >= 15 is 0 Å². The van der Waals surface area contributed by atoms with Crippen molar-refractivity contribution in [1.29, 1.82) is 0 Å². The van der Waals surface area contributed by atoms with Crippen LogP contribution >= 0.6 is 46.6 Å². The number of aromatic nitrogens is 2. The second-order valence-corrected chi connectivity index (χ2v) is 9.34. The summed E-state index contributed by atoms with van der Waals surface area (Å²) in [4.78, 5) is 30.3. The number of anilines is 1. The Kier molecular flexibility index (Phi) is 5.80. The van der Waals surface area contributed by atoms with Gasteiger partial charge in [0.15, 0.2) is 5.16 Å². The van der Waals surface area contributed by atoms with Crippen molar-refractivity contribution < 1.29 is 4.79 Å². The van der Waals surface area contributed by atoms with Gasteiger partial charge in [-0.25, -0.2) is 4.98 Å². The van der Waals surface area contributed by atoms with Crippen LogP contribution in [0.25, 0.3) is 10.9 Å². The van der Waals surface area contributed by atoms with Gasteiger partial charge in [0.25, 0.3) is 5.56 Å². The number of hydrogen-bond donors (Lipinski definition) is 1. The largest absolute Gasteiger partial charge is 0.324 e. The van der Waals surface area contributed by atoms with E-state index in [-0.39, 0.29) is 17.5 Å². The summed E-state index contributed by atoms with van der Waals surface area (Å²) in [5.41, 5.74) is 0.933. The zero-order chi connectivity index (χ0) is 20.7. The smallest absolute Gasteiger partial charge is 0.262 e. The summed E-state index contributed by atoms with van der Waals surface area (Å²) >= 11 is 19.3. The number of carbonyl (C=O) groups is 1. The molecule has 0 saturated heterocycles. The van der Waals surface area contributed by atoms with E-state index in [9.17, 15) is 9.59 Å². The average molecular weight is 469 g/mol. The van der Waals surface area contributed by atoms with Gasteiger partial charge in [-0.05, 0) is 44.0 Å². The quantitative estimate of drug-likeness (QED) is 0.291. The number of nitrogens with one attached hydrogen (secondary N) is 1. The van der Waals surface area contributed by atoms with Gasteiger partial charge in [-0.15, -0.1) is 0 Å². The van der Waals surface area contributed by atoms with E-state index in [0.717, 1.165) is 12.8 Å². The van der Waals surface area contributed by atoms with Crippen LogP contribution in [0.2, 0.25) is 15.1 Å². The molecule has 9 heteroatoms. The summed E-state index contributed by atoms with van der Waals surface area (Å²) in [5.74, 6) is -0.278. The number of carbonyl (C=O) groups excluding carboxylic acids is 1. The van der Waals surface area contributed by atoms with E-state index in [2.05, 4.69) is 10.3 Å². The van der Waals surface area contributed by atoms with Gasteiger partial charge in [0, 0.05) is 6.04 Å². The Hall–Kier alpha value is -1.73. The lowest BCUT2D eigenvalue weighted by Crippen LogP contribution is -2.26. The second kappa shape index (κ2) is 8.19. The SMILES string of the molecule is CC(Sc1nc2ccccc2c(=O)n1C1CC1)C(=O)Nc1cc(Cl)c(Cl)cc1Cl. The highest BCUT2D eigenvalue weighted by Crippen LogP contribution is 2.38. The topological polar surface area (TPSA) is 64.0 Å². The van der Waals surface area contributed by atoms with Crippen LogP contribution < -0.4 is 10.9 Å². The number of halogens is 3. The van der Waals surface area contributed by atoms with Crippen LogP contribution in [-0.2, 0) is 4.79 Å². The third kappa shape index (κ3) is 4.26. The molecule has 1 aromatic heterocycles. The van der Waals surface area contributed by atoms with Crippen molar-refractivity contribution in [2.75, 3.05) is 5.32 Å². The summed E-state index contributed by atoms with van der Waals surface area (Å²) in [5, 5.41) is 4.28. The third-order valence-corrected chi connectivity index (χ3v) is 6.71. The van der Waals surface area contributed by atoms with Crippen molar-refractivity contribution in [3.63, 3.8) is 0 Å². The average Bonchev–Trinajstić information content (AvgIpc) is 3.51. The Morgan fingerprint density at radius 3 is 2.59 bits per heavy atom. The lowest BCUT2D eigenvalue weighted by molar-refractivity contribution is -0.115. The van der Waals surface area contributed by atoms with E-state index in [1.807, 2.05) is 12.1 Å². The van der Waals surface area contributed by atoms with Crippen LogP contribution in [0, 0.1) is 0 Å². The summed E-state index contributed by atoms with van der Waals surface area (Å²) in [7, 11) is 0. The van der Waals surface area contributed by atoms with Crippen LogP contribution in [-0.4, -0.2) is 20.7 Å². The summed E-state index contributed by atoms with van der Waals surface area (Å²) in [6.07, 6.45) is 1.87. The Bertz CT molecular complexity index is 1180. The van der Waals surface area contributed by atoms with Crippen molar-refractivity contribution >= 4 is 69.1 Å². The monoisotopic (exact) mass is 467 g/mol. The predicted octanol–water partition coefficient (Wildman–Crippen LogP) is 5.81. The van der Waals surface area contributed by atoms with Gasteiger partial charge in [0.1, 0.15) is 0 Å². The van der Waals surface area contributed by atoms with Crippen LogP contribution in [0.15, 0.2) is 46.3 Å². The summed E-state index contributed by atoms with van der Waals surface area (Å²) < 4.78 is 1.71. The van der Waals surface area contributed by atoms with Crippen molar-refractivity contribution in [3.05, 3.63) is 61.8 Å². The molecule has 29 heavy (non-hydrogen) atoms. The van der Waals surface area contributed by atoms with Crippen molar-refractivity contribution in [1.82, 2.24) is 9.55 Å². The molecule has 0 bridgehead atoms. The molecule has 1 heterocycles. The van der Waals surface area contributed by atoms with E-state index in [4.69, 9.17) is 34.8 Å². The number of fused-ring (bicyclic) bond motifs is 1. The number of hydrogen-bond acceptors (Lipinski definition) is 4. The zero-order valence-corrected chi connectivity index (χ0v) is 18.4. The molecule has 0 radical (unpaired) electrons. The molecule has 1 aliphatic carbocycles. The maximum atomic E-state index is 13.0. The van der Waals surface area contributed by atoms with E-state index in [0.29, 0.717) is 36.8 Å². The Labute approximate surface area is 186 Å². The van der Waals surface area contributed by atoms with E-state index in [1.165, 1.54) is 23.9 Å².